The van der Waals surface area contributed by atoms with Crippen molar-refractivity contribution in [2.45, 2.75) is 6.92 Å². The summed E-state index contributed by atoms with van der Waals surface area (Å²) < 4.78 is 7.26. The van der Waals surface area contributed by atoms with Crippen molar-refractivity contribution >= 4 is 16.3 Å². The summed E-state index contributed by atoms with van der Waals surface area (Å²) in [6, 6.07) is 3.65. The van der Waals surface area contributed by atoms with Gasteiger partial charge in [-0.15, -0.1) is 5.10 Å². The highest BCUT2D eigenvalue weighted by molar-refractivity contribution is 7.18. The Morgan fingerprint density at radius 2 is 2.38 bits per heavy atom. The van der Waals surface area contributed by atoms with Gasteiger partial charge < -0.3 is 4.74 Å². The largest absolute Gasteiger partial charge is 0.428 e. The fraction of sp³-hybridized carbons (Fsp3) is 0.100. The quantitative estimate of drug-likeness (QED) is 0.680. The maximum atomic E-state index is 5.55. The summed E-state index contributed by atoms with van der Waals surface area (Å²) in [5.41, 5.74) is 0.951. The van der Waals surface area contributed by atoms with Gasteiger partial charge >= 0.3 is 0 Å². The Balaban J connectivity index is 1.92. The van der Waals surface area contributed by atoms with E-state index in [2.05, 4.69) is 15.1 Å². The molecule has 0 radical (unpaired) electrons. The van der Waals surface area contributed by atoms with Gasteiger partial charge in [-0.3, -0.25) is 4.98 Å². The summed E-state index contributed by atoms with van der Waals surface area (Å²) in [7, 11) is 0. The molecule has 0 fully saturated rings. The summed E-state index contributed by atoms with van der Waals surface area (Å²) >= 11 is 1.40. The molecule has 5 nitrogen and oxygen atoms in total. The van der Waals surface area contributed by atoms with Crippen LogP contribution in [-0.2, 0) is 0 Å². The van der Waals surface area contributed by atoms with E-state index in [0.717, 1.165) is 10.7 Å². The lowest BCUT2D eigenvalue weighted by Gasteiger charge is -1.97. The number of ether oxygens (including phenoxy) is 1. The molecule has 80 valence electrons. The lowest BCUT2D eigenvalue weighted by atomic mass is 10.5. The zero-order chi connectivity index (χ0) is 11.0. The third-order valence-electron chi connectivity index (χ3n) is 1.98. The lowest BCUT2D eigenvalue weighted by molar-refractivity contribution is 0.468. The van der Waals surface area contributed by atoms with E-state index in [0.29, 0.717) is 10.9 Å². The molecule has 16 heavy (non-hydrogen) atoms. The second kappa shape index (κ2) is 3.57. The monoisotopic (exact) mass is 232 g/mol. The average Bonchev–Trinajstić information content (AvgIpc) is 2.76. The Bertz CT molecular complexity index is 585. The standard InChI is InChI=1S/C10H8N4OS/c1-7-6-14-9(12-7)16-10(13-14)15-8-3-2-4-11-5-8/h2-6H,1H3. The number of rotatable bonds is 2. The van der Waals surface area contributed by atoms with Crippen LogP contribution in [0.5, 0.6) is 10.9 Å². The zero-order valence-corrected chi connectivity index (χ0v) is 9.31. The second-order valence-electron chi connectivity index (χ2n) is 3.27. The lowest BCUT2D eigenvalue weighted by Crippen LogP contribution is -1.86. The van der Waals surface area contributed by atoms with Crippen LogP contribution in [0.4, 0.5) is 0 Å². The number of nitrogens with zero attached hydrogens (tertiary/aromatic N) is 4. The highest BCUT2D eigenvalue weighted by atomic mass is 32.1. The Morgan fingerprint density at radius 1 is 1.44 bits per heavy atom. The smallest absolute Gasteiger partial charge is 0.299 e. The van der Waals surface area contributed by atoms with Crippen molar-refractivity contribution in [1.29, 1.82) is 0 Å². The average molecular weight is 232 g/mol. The van der Waals surface area contributed by atoms with Crippen molar-refractivity contribution < 1.29 is 4.74 Å². The first kappa shape index (κ1) is 9.29. The Kier molecular flexibility index (Phi) is 2.07. The number of pyridine rings is 1. The third-order valence-corrected chi connectivity index (χ3v) is 2.79. The van der Waals surface area contributed by atoms with Gasteiger partial charge in [0.1, 0.15) is 5.75 Å². The number of aromatic nitrogens is 4. The van der Waals surface area contributed by atoms with Crippen molar-refractivity contribution in [3.05, 3.63) is 36.4 Å². The van der Waals surface area contributed by atoms with Crippen molar-refractivity contribution in [2.75, 3.05) is 0 Å². The molecule has 0 aliphatic heterocycles. The van der Waals surface area contributed by atoms with Crippen LogP contribution in [0.25, 0.3) is 4.96 Å². The SMILES string of the molecule is Cc1cn2nc(Oc3cccnc3)sc2n1. The molecular formula is C10H8N4OS. The third kappa shape index (κ3) is 1.63. The minimum absolute atomic E-state index is 0.565. The van der Waals surface area contributed by atoms with E-state index in [-0.39, 0.29) is 0 Å². The molecule has 0 unspecified atom stereocenters. The maximum absolute atomic E-state index is 5.55. The van der Waals surface area contributed by atoms with E-state index in [9.17, 15) is 0 Å². The van der Waals surface area contributed by atoms with E-state index in [4.69, 9.17) is 4.74 Å². The predicted molar refractivity (Wildman–Crippen MR) is 59.9 cm³/mol. The van der Waals surface area contributed by atoms with Crippen molar-refractivity contribution in [2.24, 2.45) is 0 Å². The molecule has 3 heterocycles. The van der Waals surface area contributed by atoms with Gasteiger partial charge in [-0.1, -0.05) is 0 Å². The fourth-order valence-electron chi connectivity index (χ4n) is 1.34. The Morgan fingerprint density at radius 3 is 3.12 bits per heavy atom. The first-order valence-electron chi connectivity index (χ1n) is 4.72. The van der Waals surface area contributed by atoms with E-state index >= 15 is 0 Å². The van der Waals surface area contributed by atoms with Crippen LogP contribution in [0.3, 0.4) is 0 Å². The van der Waals surface area contributed by atoms with Gasteiger partial charge in [0.15, 0.2) is 0 Å². The number of hydrogen-bond acceptors (Lipinski definition) is 5. The molecule has 0 spiro atoms. The number of aryl methyl sites for hydroxylation is 1. The van der Waals surface area contributed by atoms with Gasteiger partial charge in [-0.2, -0.15) is 0 Å². The number of imidazole rings is 1. The molecule has 0 N–H and O–H groups in total. The molecular weight excluding hydrogens is 224 g/mol. The molecule has 3 rings (SSSR count). The maximum Gasteiger partial charge on any atom is 0.299 e. The van der Waals surface area contributed by atoms with E-state index < -0.39 is 0 Å². The van der Waals surface area contributed by atoms with Gasteiger partial charge in [-0.25, -0.2) is 9.50 Å². The number of fused-ring (bicyclic) bond motifs is 1. The molecule has 3 aromatic heterocycles. The van der Waals surface area contributed by atoms with Crippen LogP contribution in [-0.4, -0.2) is 19.6 Å². The van der Waals surface area contributed by atoms with Crippen LogP contribution in [0.15, 0.2) is 30.7 Å². The van der Waals surface area contributed by atoms with E-state index in [1.165, 1.54) is 11.3 Å². The summed E-state index contributed by atoms with van der Waals surface area (Å²) in [4.78, 5) is 9.09. The molecule has 6 heteroatoms. The van der Waals surface area contributed by atoms with Gasteiger partial charge in [0.2, 0.25) is 4.96 Å². The molecule has 0 aliphatic rings. The van der Waals surface area contributed by atoms with Crippen LogP contribution >= 0.6 is 11.3 Å². The highest BCUT2D eigenvalue weighted by Crippen LogP contribution is 2.25. The molecule has 0 aromatic carbocycles. The molecule has 0 aliphatic carbocycles. The van der Waals surface area contributed by atoms with Gasteiger partial charge in [0.25, 0.3) is 5.19 Å². The van der Waals surface area contributed by atoms with Crippen molar-refractivity contribution in [3.63, 3.8) is 0 Å². The summed E-state index contributed by atoms with van der Waals surface area (Å²) in [6.45, 7) is 1.93. The second-order valence-corrected chi connectivity index (χ2v) is 4.19. The van der Waals surface area contributed by atoms with E-state index in [1.807, 2.05) is 25.3 Å². The van der Waals surface area contributed by atoms with Crippen LogP contribution in [0.1, 0.15) is 5.69 Å². The molecule has 0 saturated carbocycles. The van der Waals surface area contributed by atoms with Gasteiger partial charge in [-0.05, 0) is 30.4 Å². The zero-order valence-electron chi connectivity index (χ0n) is 8.49. The predicted octanol–water partition coefficient (Wildman–Crippen LogP) is 2.29. The Labute approximate surface area is 95.4 Å². The first-order chi connectivity index (χ1) is 7.81. The molecule has 0 atom stereocenters. The minimum atomic E-state index is 0.565. The van der Waals surface area contributed by atoms with Gasteiger partial charge in [0.05, 0.1) is 18.1 Å². The fourth-order valence-corrected chi connectivity index (χ4v) is 2.14. The molecule has 0 bridgehead atoms. The van der Waals surface area contributed by atoms with Crippen LogP contribution in [0, 0.1) is 6.92 Å². The highest BCUT2D eigenvalue weighted by Gasteiger charge is 2.07. The van der Waals surface area contributed by atoms with E-state index in [1.54, 1.807) is 16.9 Å². The summed E-state index contributed by atoms with van der Waals surface area (Å²) in [5.74, 6) is 0.677. The molecule has 0 amide bonds. The normalized spacial score (nSPS) is 10.8. The van der Waals surface area contributed by atoms with Crippen LogP contribution < -0.4 is 4.74 Å². The summed E-state index contributed by atoms with van der Waals surface area (Å²) in [5, 5.41) is 4.82. The van der Waals surface area contributed by atoms with Crippen molar-refractivity contribution in [1.82, 2.24) is 19.6 Å². The van der Waals surface area contributed by atoms with Crippen LogP contribution in [0.2, 0.25) is 0 Å². The molecule has 3 aromatic rings. The minimum Gasteiger partial charge on any atom is -0.428 e. The molecule has 0 saturated heterocycles. The Hall–Kier alpha value is -1.95. The van der Waals surface area contributed by atoms with Gasteiger partial charge in [0, 0.05) is 6.20 Å². The summed E-state index contributed by atoms with van der Waals surface area (Å²) in [6.07, 6.45) is 5.21. The first-order valence-corrected chi connectivity index (χ1v) is 5.53. The number of hydrogen-bond donors (Lipinski definition) is 0. The van der Waals surface area contributed by atoms with Crippen molar-refractivity contribution in [3.8, 4) is 10.9 Å². The topological polar surface area (TPSA) is 52.3 Å².